The lowest BCUT2D eigenvalue weighted by molar-refractivity contribution is -0.137. The second-order valence-corrected chi connectivity index (χ2v) is 7.10. The van der Waals surface area contributed by atoms with E-state index in [4.69, 9.17) is 9.47 Å². The number of hydrogen-bond acceptors (Lipinski definition) is 5. The second kappa shape index (κ2) is 8.20. The van der Waals surface area contributed by atoms with Crippen molar-refractivity contribution in [1.29, 1.82) is 0 Å². The van der Waals surface area contributed by atoms with Crippen molar-refractivity contribution < 1.29 is 31.8 Å². The summed E-state index contributed by atoms with van der Waals surface area (Å²) >= 11 is 0. The third-order valence-corrected chi connectivity index (χ3v) is 4.99. The number of anilines is 3. The fourth-order valence-electron chi connectivity index (χ4n) is 3.52. The number of amides is 1. The van der Waals surface area contributed by atoms with E-state index in [9.17, 15) is 22.4 Å². The lowest BCUT2D eigenvalue weighted by atomic mass is 10.1. The third-order valence-electron chi connectivity index (χ3n) is 4.99. The predicted octanol–water partition coefficient (Wildman–Crippen LogP) is 4.06. The van der Waals surface area contributed by atoms with Gasteiger partial charge in [-0.1, -0.05) is 6.07 Å². The molecular weight excluding hydrogens is 418 g/mol. The molecule has 2 aromatic carbocycles. The van der Waals surface area contributed by atoms with Gasteiger partial charge in [-0.25, -0.2) is 4.39 Å². The SMILES string of the molecule is CN(CC1OCCO1)c1ccc(NC=C2C(=O)Nc3cccc(F)c32)cc1C(F)(F)F. The molecule has 0 aromatic heterocycles. The van der Waals surface area contributed by atoms with Gasteiger partial charge in [-0.05, 0) is 30.3 Å². The van der Waals surface area contributed by atoms with Crippen LogP contribution in [0.4, 0.5) is 34.6 Å². The Morgan fingerprint density at radius 3 is 2.68 bits per heavy atom. The summed E-state index contributed by atoms with van der Waals surface area (Å²) in [6.45, 7) is 0.940. The van der Waals surface area contributed by atoms with E-state index >= 15 is 0 Å². The first-order valence-electron chi connectivity index (χ1n) is 9.46. The van der Waals surface area contributed by atoms with Crippen molar-refractivity contribution in [3.8, 4) is 0 Å². The maximum Gasteiger partial charge on any atom is 0.418 e. The molecule has 2 aliphatic rings. The Balaban J connectivity index is 1.60. The van der Waals surface area contributed by atoms with Gasteiger partial charge in [-0.2, -0.15) is 13.2 Å². The van der Waals surface area contributed by atoms with E-state index in [-0.39, 0.29) is 29.1 Å². The van der Waals surface area contributed by atoms with Crippen LogP contribution < -0.4 is 15.5 Å². The lowest BCUT2D eigenvalue weighted by Gasteiger charge is -2.26. The summed E-state index contributed by atoms with van der Waals surface area (Å²) in [5, 5.41) is 5.20. The molecular formula is C21H19F4N3O3. The monoisotopic (exact) mass is 437 g/mol. The van der Waals surface area contributed by atoms with Gasteiger partial charge in [0.1, 0.15) is 5.82 Å². The minimum absolute atomic E-state index is 0.00150. The molecule has 6 nitrogen and oxygen atoms in total. The summed E-state index contributed by atoms with van der Waals surface area (Å²) in [4.78, 5) is 13.6. The number of likely N-dealkylation sites (N-methyl/N-ethyl adjacent to an activating group) is 1. The Hall–Kier alpha value is -3.11. The van der Waals surface area contributed by atoms with Gasteiger partial charge in [-0.3, -0.25) is 4.79 Å². The first-order chi connectivity index (χ1) is 14.7. The lowest BCUT2D eigenvalue weighted by Crippen LogP contribution is -2.31. The van der Waals surface area contributed by atoms with Crippen LogP contribution in [0.2, 0.25) is 0 Å². The number of benzene rings is 2. The minimum atomic E-state index is -4.62. The Labute approximate surface area is 175 Å². The molecule has 0 unspecified atom stereocenters. The molecule has 1 saturated heterocycles. The summed E-state index contributed by atoms with van der Waals surface area (Å²) in [6.07, 6.45) is -4.01. The maximum absolute atomic E-state index is 14.1. The number of nitrogens with one attached hydrogen (secondary N) is 2. The van der Waals surface area contributed by atoms with Gasteiger partial charge in [0.05, 0.1) is 36.6 Å². The van der Waals surface area contributed by atoms with Crippen molar-refractivity contribution >= 4 is 28.5 Å². The molecule has 0 spiro atoms. The first-order valence-corrected chi connectivity index (χ1v) is 9.46. The summed E-state index contributed by atoms with van der Waals surface area (Å²) < 4.78 is 65.9. The van der Waals surface area contributed by atoms with Crippen LogP contribution in [0.3, 0.4) is 0 Å². The van der Waals surface area contributed by atoms with E-state index in [1.165, 1.54) is 42.4 Å². The van der Waals surface area contributed by atoms with Gasteiger partial charge in [-0.15, -0.1) is 0 Å². The van der Waals surface area contributed by atoms with Crippen molar-refractivity contribution in [3.63, 3.8) is 0 Å². The van der Waals surface area contributed by atoms with E-state index in [1.54, 1.807) is 6.07 Å². The second-order valence-electron chi connectivity index (χ2n) is 7.10. The Kier molecular flexibility index (Phi) is 5.59. The number of rotatable bonds is 5. The standard InChI is InChI=1S/C21H19F4N3O3/c1-28(11-18-30-7-8-31-18)17-6-5-12(9-14(17)21(23,24)25)26-10-13-19-15(22)3-2-4-16(19)27-20(13)29/h2-6,9-10,18,26H,7-8,11H2,1H3,(H,27,29). The van der Waals surface area contributed by atoms with Gasteiger partial charge >= 0.3 is 6.18 Å². The van der Waals surface area contributed by atoms with Gasteiger partial charge in [0.2, 0.25) is 0 Å². The maximum atomic E-state index is 14.1. The molecule has 1 fully saturated rings. The van der Waals surface area contributed by atoms with Crippen LogP contribution in [0.1, 0.15) is 11.1 Å². The van der Waals surface area contributed by atoms with Crippen LogP contribution in [0.25, 0.3) is 5.57 Å². The zero-order valence-electron chi connectivity index (χ0n) is 16.4. The van der Waals surface area contributed by atoms with Gasteiger partial charge < -0.3 is 25.0 Å². The topological polar surface area (TPSA) is 62.8 Å². The van der Waals surface area contributed by atoms with Gasteiger partial charge in [0.15, 0.2) is 6.29 Å². The van der Waals surface area contributed by atoms with Crippen LogP contribution in [0, 0.1) is 5.82 Å². The van der Waals surface area contributed by atoms with Crippen molar-refractivity contribution in [1.82, 2.24) is 0 Å². The number of carbonyl (C=O) groups excluding carboxylic acids is 1. The highest BCUT2D eigenvalue weighted by Crippen LogP contribution is 2.39. The molecule has 2 N–H and O–H groups in total. The zero-order chi connectivity index (χ0) is 22.2. The first kappa shape index (κ1) is 21.1. The van der Waals surface area contributed by atoms with E-state index in [1.807, 2.05) is 0 Å². The highest BCUT2D eigenvalue weighted by molar-refractivity contribution is 6.31. The number of nitrogens with zero attached hydrogens (tertiary/aromatic N) is 1. The molecule has 164 valence electrons. The van der Waals surface area contributed by atoms with E-state index in [0.29, 0.717) is 18.9 Å². The fraction of sp³-hybridized carbons (Fsp3) is 0.286. The average molecular weight is 437 g/mol. The van der Waals surface area contributed by atoms with Crippen molar-refractivity contribution in [3.05, 3.63) is 59.5 Å². The van der Waals surface area contributed by atoms with Crippen LogP contribution in [-0.2, 0) is 20.4 Å². The number of halogens is 4. The molecule has 0 saturated carbocycles. The smallest absolute Gasteiger partial charge is 0.369 e. The van der Waals surface area contributed by atoms with Crippen molar-refractivity contribution in [2.75, 3.05) is 42.3 Å². The minimum Gasteiger partial charge on any atom is -0.369 e. The number of ether oxygens (including phenoxy) is 2. The van der Waals surface area contributed by atoms with E-state index in [0.717, 1.165) is 6.07 Å². The van der Waals surface area contributed by atoms with Crippen LogP contribution >= 0.6 is 0 Å². The molecule has 2 aromatic rings. The van der Waals surface area contributed by atoms with E-state index < -0.39 is 29.8 Å². The number of hydrogen-bond donors (Lipinski definition) is 2. The molecule has 31 heavy (non-hydrogen) atoms. The summed E-state index contributed by atoms with van der Waals surface area (Å²) in [5.41, 5.74) is -0.425. The average Bonchev–Trinajstić information content (AvgIpc) is 3.33. The molecule has 0 bridgehead atoms. The zero-order valence-corrected chi connectivity index (χ0v) is 16.4. The molecule has 2 aliphatic heterocycles. The molecule has 4 rings (SSSR count). The van der Waals surface area contributed by atoms with Crippen LogP contribution in [0.5, 0.6) is 0 Å². The molecule has 10 heteroatoms. The number of fused-ring (bicyclic) bond motifs is 1. The largest absolute Gasteiger partial charge is 0.418 e. The Morgan fingerprint density at radius 2 is 1.97 bits per heavy atom. The molecule has 2 heterocycles. The van der Waals surface area contributed by atoms with Crippen molar-refractivity contribution in [2.24, 2.45) is 0 Å². The molecule has 0 atom stereocenters. The van der Waals surface area contributed by atoms with Crippen LogP contribution in [0.15, 0.2) is 42.6 Å². The number of alkyl halides is 3. The van der Waals surface area contributed by atoms with E-state index in [2.05, 4.69) is 10.6 Å². The molecule has 0 aliphatic carbocycles. The fourth-order valence-corrected chi connectivity index (χ4v) is 3.52. The van der Waals surface area contributed by atoms with Crippen LogP contribution in [-0.4, -0.2) is 39.0 Å². The highest BCUT2D eigenvalue weighted by atomic mass is 19.4. The quantitative estimate of drug-likeness (QED) is 0.546. The Bertz CT molecular complexity index is 1030. The van der Waals surface area contributed by atoms with Crippen molar-refractivity contribution in [2.45, 2.75) is 12.5 Å². The van der Waals surface area contributed by atoms with Gasteiger partial charge in [0, 0.05) is 30.2 Å². The Morgan fingerprint density at radius 1 is 1.23 bits per heavy atom. The highest BCUT2D eigenvalue weighted by Gasteiger charge is 2.35. The molecule has 0 radical (unpaired) electrons. The van der Waals surface area contributed by atoms with Gasteiger partial charge in [0.25, 0.3) is 5.91 Å². The summed E-state index contributed by atoms with van der Waals surface area (Å²) in [5.74, 6) is -1.15. The normalized spacial score (nSPS) is 17.7. The summed E-state index contributed by atoms with van der Waals surface area (Å²) in [6, 6.07) is 7.91. The predicted molar refractivity (Wildman–Crippen MR) is 107 cm³/mol. The number of carbonyl (C=O) groups is 1. The summed E-state index contributed by atoms with van der Waals surface area (Å²) in [7, 11) is 1.52. The third kappa shape index (κ3) is 4.35. The molecule has 1 amide bonds.